The monoisotopic (exact) mass is 454 g/mol. The van der Waals surface area contributed by atoms with Gasteiger partial charge in [0, 0.05) is 12.0 Å². The molecule has 0 saturated heterocycles. The number of esters is 1. The van der Waals surface area contributed by atoms with Crippen molar-refractivity contribution in [2.75, 3.05) is 48.3 Å². The SMILES string of the molecule is COC(=O)C[N@+]1(C)CCc2c(c(OC)c3c(c2C(=O)/C=C/c2ccccc2OC)OCO3)C1. The minimum atomic E-state index is -0.281. The van der Waals surface area contributed by atoms with Crippen LogP contribution in [0, 0.1) is 0 Å². The lowest BCUT2D eigenvalue weighted by molar-refractivity contribution is -0.917. The molecule has 174 valence electrons. The summed E-state index contributed by atoms with van der Waals surface area (Å²) in [5.41, 5.74) is 3.00. The minimum absolute atomic E-state index is 0.0133. The van der Waals surface area contributed by atoms with E-state index in [0.29, 0.717) is 52.6 Å². The van der Waals surface area contributed by atoms with Gasteiger partial charge in [-0.3, -0.25) is 4.79 Å². The Kier molecular flexibility index (Phi) is 6.29. The highest BCUT2D eigenvalue weighted by atomic mass is 16.7. The predicted octanol–water partition coefficient (Wildman–Crippen LogP) is 3.00. The van der Waals surface area contributed by atoms with Gasteiger partial charge < -0.3 is 28.2 Å². The van der Waals surface area contributed by atoms with E-state index in [1.807, 2.05) is 31.3 Å². The number of carbonyl (C=O) groups is 2. The van der Waals surface area contributed by atoms with E-state index in [9.17, 15) is 9.59 Å². The van der Waals surface area contributed by atoms with Crippen molar-refractivity contribution in [3.05, 3.63) is 52.6 Å². The first kappa shape index (κ1) is 22.7. The third kappa shape index (κ3) is 4.26. The summed E-state index contributed by atoms with van der Waals surface area (Å²) in [6, 6.07) is 7.48. The lowest BCUT2D eigenvalue weighted by Crippen LogP contribution is -2.51. The highest BCUT2D eigenvalue weighted by molar-refractivity contribution is 6.11. The molecule has 0 saturated carbocycles. The van der Waals surface area contributed by atoms with Crippen LogP contribution >= 0.6 is 0 Å². The molecule has 2 aromatic carbocycles. The van der Waals surface area contributed by atoms with Gasteiger partial charge in [0.05, 0.1) is 46.0 Å². The van der Waals surface area contributed by atoms with Crippen LogP contribution in [0.15, 0.2) is 30.3 Å². The second-order valence-electron chi connectivity index (χ2n) is 8.36. The average Bonchev–Trinajstić information content (AvgIpc) is 3.30. The number of allylic oxidation sites excluding steroid dienone is 1. The van der Waals surface area contributed by atoms with Gasteiger partial charge in [-0.05, 0) is 23.8 Å². The molecule has 2 aromatic rings. The quantitative estimate of drug-likeness (QED) is 0.275. The summed E-state index contributed by atoms with van der Waals surface area (Å²) in [5, 5.41) is 0. The maximum Gasteiger partial charge on any atom is 0.361 e. The van der Waals surface area contributed by atoms with Crippen molar-refractivity contribution in [2.24, 2.45) is 0 Å². The summed E-state index contributed by atoms with van der Waals surface area (Å²) in [4.78, 5) is 25.5. The molecule has 0 N–H and O–H groups in total. The van der Waals surface area contributed by atoms with E-state index in [2.05, 4.69) is 0 Å². The zero-order valence-corrected chi connectivity index (χ0v) is 19.3. The van der Waals surface area contributed by atoms with Gasteiger partial charge >= 0.3 is 5.97 Å². The van der Waals surface area contributed by atoms with Gasteiger partial charge in [-0.25, -0.2) is 4.79 Å². The Balaban J connectivity index is 1.77. The zero-order chi connectivity index (χ0) is 23.6. The lowest BCUT2D eigenvalue weighted by atomic mass is 9.88. The van der Waals surface area contributed by atoms with E-state index in [1.54, 1.807) is 20.3 Å². The Morgan fingerprint density at radius 3 is 2.55 bits per heavy atom. The summed E-state index contributed by atoms with van der Waals surface area (Å²) < 4.78 is 27.8. The number of fused-ring (bicyclic) bond motifs is 2. The molecule has 0 bridgehead atoms. The molecule has 1 atom stereocenters. The van der Waals surface area contributed by atoms with Crippen LogP contribution in [0.1, 0.15) is 27.0 Å². The lowest BCUT2D eigenvalue weighted by Gasteiger charge is -2.38. The molecule has 8 heteroatoms. The molecule has 0 aromatic heterocycles. The Morgan fingerprint density at radius 2 is 1.82 bits per heavy atom. The highest BCUT2D eigenvalue weighted by Crippen LogP contribution is 2.50. The van der Waals surface area contributed by atoms with Crippen LogP contribution in [-0.2, 0) is 22.5 Å². The van der Waals surface area contributed by atoms with Crippen molar-refractivity contribution in [1.82, 2.24) is 0 Å². The Hall–Kier alpha value is -3.52. The molecular weight excluding hydrogens is 426 g/mol. The molecule has 2 heterocycles. The number of ketones is 1. The van der Waals surface area contributed by atoms with E-state index >= 15 is 0 Å². The van der Waals surface area contributed by atoms with Crippen LogP contribution in [0.4, 0.5) is 0 Å². The van der Waals surface area contributed by atoms with E-state index in [4.69, 9.17) is 23.7 Å². The second-order valence-corrected chi connectivity index (χ2v) is 8.36. The van der Waals surface area contributed by atoms with Crippen LogP contribution in [0.3, 0.4) is 0 Å². The summed E-state index contributed by atoms with van der Waals surface area (Å²) in [7, 11) is 6.54. The summed E-state index contributed by atoms with van der Waals surface area (Å²) >= 11 is 0. The number of likely N-dealkylation sites (N-methyl/N-ethyl adjacent to an activating group) is 1. The van der Waals surface area contributed by atoms with Gasteiger partial charge in [0.2, 0.25) is 12.5 Å². The number of nitrogens with zero attached hydrogens (tertiary/aromatic N) is 1. The molecule has 0 aliphatic carbocycles. The Bertz CT molecular complexity index is 1120. The number of rotatable bonds is 7. The molecule has 0 fully saturated rings. The van der Waals surface area contributed by atoms with Gasteiger partial charge in [0.1, 0.15) is 12.3 Å². The molecule has 4 rings (SSSR count). The van der Waals surface area contributed by atoms with Crippen molar-refractivity contribution in [1.29, 1.82) is 0 Å². The minimum Gasteiger partial charge on any atom is -0.496 e. The standard InChI is InChI=1S/C25H28NO7/c1-26(14-21(28)30-3)12-11-17-18(13-26)23(31-4)25-24(32-15-33-25)22(17)19(27)10-9-16-7-5-6-8-20(16)29-2/h5-10H,11-15H2,1-4H3/q+1/b10-9+/t26-/m1/s1. The molecule has 0 amide bonds. The van der Waals surface area contributed by atoms with Gasteiger partial charge in [-0.1, -0.05) is 18.2 Å². The number of hydrogen-bond donors (Lipinski definition) is 0. The van der Waals surface area contributed by atoms with E-state index in [0.717, 1.165) is 16.7 Å². The van der Waals surface area contributed by atoms with E-state index in [-0.39, 0.29) is 25.1 Å². The van der Waals surface area contributed by atoms with Crippen LogP contribution in [-0.4, -0.2) is 64.5 Å². The molecule has 2 aliphatic heterocycles. The molecule has 0 spiro atoms. The fraction of sp³-hybridized carbons (Fsp3) is 0.360. The van der Waals surface area contributed by atoms with Crippen molar-refractivity contribution >= 4 is 17.8 Å². The first-order chi connectivity index (χ1) is 15.9. The van der Waals surface area contributed by atoms with Crippen molar-refractivity contribution in [3.8, 4) is 23.0 Å². The third-order valence-corrected chi connectivity index (χ3v) is 6.17. The highest BCUT2D eigenvalue weighted by Gasteiger charge is 2.40. The van der Waals surface area contributed by atoms with Crippen LogP contribution < -0.4 is 18.9 Å². The first-order valence-corrected chi connectivity index (χ1v) is 10.7. The Labute approximate surface area is 192 Å². The van der Waals surface area contributed by atoms with E-state index in [1.165, 1.54) is 13.2 Å². The Morgan fingerprint density at radius 1 is 1.06 bits per heavy atom. The maximum absolute atomic E-state index is 13.5. The number of hydrogen-bond acceptors (Lipinski definition) is 7. The van der Waals surface area contributed by atoms with Crippen molar-refractivity contribution < 1.29 is 37.8 Å². The van der Waals surface area contributed by atoms with Gasteiger partial charge in [0.15, 0.2) is 23.8 Å². The molecule has 33 heavy (non-hydrogen) atoms. The molecule has 8 nitrogen and oxygen atoms in total. The van der Waals surface area contributed by atoms with Crippen molar-refractivity contribution in [3.63, 3.8) is 0 Å². The number of methoxy groups -OCH3 is 3. The van der Waals surface area contributed by atoms with Crippen LogP contribution in [0.25, 0.3) is 6.08 Å². The third-order valence-electron chi connectivity index (χ3n) is 6.17. The first-order valence-electron chi connectivity index (χ1n) is 10.7. The van der Waals surface area contributed by atoms with Crippen molar-refractivity contribution in [2.45, 2.75) is 13.0 Å². The molecule has 0 unspecified atom stereocenters. The number of benzene rings is 2. The predicted molar refractivity (Wildman–Crippen MR) is 121 cm³/mol. The maximum atomic E-state index is 13.5. The summed E-state index contributed by atoms with van der Waals surface area (Å²) in [6.45, 7) is 1.41. The summed E-state index contributed by atoms with van der Waals surface area (Å²) in [5.74, 6) is 1.60. The van der Waals surface area contributed by atoms with Gasteiger partial charge in [0.25, 0.3) is 0 Å². The smallest absolute Gasteiger partial charge is 0.361 e. The fourth-order valence-electron chi connectivity index (χ4n) is 4.52. The molecule has 0 radical (unpaired) electrons. The van der Waals surface area contributed by atoms with Crippen LogP contribution in [0.2, 0.25) is 0 Å². The zero-order valence-electron chi connectivity index (χ0n) is 19.3. The van der Waals surface area contributed by atoms with E-state index < -0.39 is 0 Å². The number of para-hydroxylation sites is 1. The van der Waals surface area contributed by atoms with Crippen LogP contribution in [0.5, 0.6) is 23.0 Å². The average molecular weight is 454 g/mol. The molecular formula is C25H28NO7+. The topological polar surface area (TPSA) is 80.3 Å². The number of carbonyl (C=O) groups excluding carboxylic acids is 2. The molecule has 2 aliphatic rings. The summed E-state index contributed by atoms with van der Waals surface area (Å²) in [6.07, 6.45) is 3.85. The number of quaternary nitrogens is 1. The number of ether oxygens (including phenoxy) is 5. The van der Waals surface area contributed by atoms with Gasteiger partial charge in [-0.2, -0.15) is 0 Å². The normalized spacial score (nSPS) is 18.7. The second kappa shape index (κ2) is 9.15. The van der Waals surface area contributed by atoms with Gasteiger partial charge in [-0.15, -0.1) is 0 Å². The fourth-order valence-corrected chi connectivity index (χ4v) is 4.52. The largest absolute Gasteiger partial charge is 0.496 e.